The highest BCUT2D eigenvalue weighted by Crippen LogP contribution is 2.28. The predicted molar refractivity (Wildman–Crippen MR) is 148 cm³/mol. The number of benzene rings is 2. The van der Waals surface area contributed by atoms with Crippen molar-refractivity contribution in [3.8, 4) is 11.3 Å². The minimum Gasteiger partial charge on any atom is -0.481 e. The number of carbonyl (C=O) groups is 1. The molecule has 0 spiro atoms. The standard InChI is InChI=1S/C29H36N6O2/c1-22(2)30-15-17-35(24-10-6-5-7-11-24)25-13-14-26-27(18-25)33-28(20-31-26)23-19-32-34(21-23)16-9-4-3-8-12-29(36)37/h5-7,10-11,13-14,18-22,30H,3-4,8-9,12,15-17H2,1-2H3,(H,36,37). The van der Waals surface area contributed by atoms with E-state index in [0.717, 1.165) is 79.0 Å². The van der Waals surface area contributed by atoms with Crippen molar-refractivity contribution in [1.82, 2.24) is 25.1 Å². The molecule has 0 atom stereocenters. The monoisotopic (exact) mass is 500 g/mol. The van der Waals surface area contributed by atoms with Gasteiger partial charge in [-0.05, 0) is 43.2 Å². The van der Waals surface area contributed by atoms with Crippen LogP contribution in [-0.4, -0.2) is 50.0 Å². The van der Waals surface area contributed by atoms with Gasteiger partial charge in [0.05, 0.1) is 29.1 Å². The quantitative estimate of drug-likeness (QED) is 0.216. The number of para-hydroxylation sites is 1. The van der Waals surface area contributed by atoms with E-state index >= 15 is 0 Å². The Hall–Kier alpha value is -3.78. The van der Waals surface area contributed by atoms with Crippen LogP contribution in [0.25, 0.3) is 22.3 Å². The summed E-state index contributed by atoms with van der Waals surface area (Å²) in [7, 11) is 0. The Kier molecular flexibility index (Phi) is 9.21. The molecular weight excluding hydrogens is 464 g/mol. The highest BCUT2D eigenvalue weighted by Gasteiger charge is 2.12. The number of carboxylic acids is 1. The third-order valence-corrected chi connectivity index (χ3v) is 6.25. The second-order valence-corrected chi connectivity index (χ2v) is 9.57. The van der Waals surface area contributed by atoms with Crippen molar-refractivity contribution >= 4 is 28.4 Å². The Balaban J connectivity index is 1.48. The van der Waals surface area contributed by atoms with Gasteiger partial charge < -0.3 is 15.3 Å². The van der Waals surface area contributed by atoms with E-state index in [-0.39, 0.29) is 6.42 Å². The molecule has 0 aliphatic carbocycles. The fourth-order valence-corrected chi connectivity index (χ4v) is 4.31. The lowest BCUT2D eigenvalue weighted by atomic mass is 10.1. The number of rotatable bonds is 14. The Morgan fingerprint density at radius 2 is 1.81 bits per heavy atom. The van der Waals surface area contributed by atoms with Gasteiger partial charge in [0.2, 0.25) is 0 Å². The molecule has 0 aliphatic rings. The van der Waals surface area contributed by atoms with Gasteiger partial charge in [-0.1, -0.05) is 44.9 Å². The van der Waals surface area contributed by atoms with Gasteiger partial charge in [0.25, 0.3) is 0 Å². The predicted octanol–water partition coefficient (Wildman–Crippen LogP) is 5.66. The first-order valence-electron chi connectivity index (χ1n) is 13.1. The zero-order chi connectivity index (χ0) is 26.0. The number of aliphatic carboxylic acids is 1. The Bertz CT molecular complexity index is 1290. The number of nitrogens with one attached hydrogen (secondary N) is 1. The van der Waals surface area contributed by atoms with Gasteiger partial charge in [0.1, 0.15) is 0 Å². The number of nitrogens with zero attached hydrogens (tertiary/aromatic N) is 5. The summed E-state index contributed by atoms with van der Waals surface area (Å²) in [5, 5.41) is 16.7. The van der Waals surface area contributed by atoms with E-state index in [9.17, 15) is 4.79 Å². The van der Waals surface area contributed by atoms with E-state index in [4.69, 9.17) is 10.1 Å². The molecule has 0 radical (unpaired) electrons. The maximum absolute atomic E-state index is 10.6. The zero-order valence-electron chi connectivity index (χ0n) is 21.7. The number of unbranched alkanes of at least 4 members (excludes halogenated alkanes) is 3. The molecule has 8 nitrogen and oxygen atoms in total. The highest BCUT2D eigenvalue weighted by atomic mass is 16.4. The second kappa shape index (κ2) is 13.0. The number of aromatic nitrogens is 4. The molecule has 2 aromatic carbocycles. The number of hydrogen-bond acceptors (Lipinski definition) is 6. The third kappa shape index (κ3) is 7.60. The van der Waals surface area contributed by atoms with Crippen LogP contribution in [0.15, 0.2) is 67.1 Å². The molecule has 4 rings (SSSR count). The zero-order valence-corrected chi connectivity index (χ0v) is 21.7. The molecule has 2 aromatic heterocycles. The lowest BCUT2D eigenvalue weighted by Gasteiger charge is -2.26. The summed E-state index contributed by atoms with van der Waals surface area (Å²) in [5.41, 5.74) is 5.65. The molecule has 194 valence electrons. The molecule has 2 N–H and O–H groups in total. The van der Waals surface area contributed by atoms with Crippen LogP contribution in [0.4, 0.5) is 11.4 Å². The van der Waals surface area contributed by atoms with Crippen LogP contribution in [0.2, 0.25) is 0 Å². The van der Waals surface area contributed by atoms with Crippen LogP contribution in [-0.2, 0) is 11.3 Å². The van der Waals surface area contributed by atoms with Crippen LogP contribution < -0.4 is 10.2 Å². The minimum atomic E-state index is -0.726. The molecular formula is C29H36N6O2. The van der Waals surface area contributed by atoms with Crippen molar-refractivity contribution in [3.05, 3.63) is 67.1 Å². The largest absolute Gasteiger partial charge is 0.481 e. The number of anilines is 2. The molecule has 0 fully saturated rings. The van der Waals surface area contributed by atoms with Gasteiger partial charge in [0.15, 0.2) is 0 Å². The topological polar surface area (TPSA) is 96.2 Å². The molecule has 8 heteroatoms. The summed E-state index contributed by atoms with van der Waals surface area (Å²) in [4.78, 5) is 22.5. The Morgan fingerprint density at radius 3 is 2.59 bits per heavy atom. The molecule has 4 aromatic rings. The van der Waals surface area contributed by atoms with E-state index in [1.165, 1.54) is 0 Å². The summed E-state index contributed by atoms with van der Waals surface area (Å²) < 4.78 is 1.92. The van der Waals surface area contributed by atoms with Crippen LogP contribution in [0.3, 0.4) is 0 Å². The first-order valence-corrected chi connectivity index (χ1v) is 13.1. The fourth-order valence-electron chi connectivity index (χ4n) is 4.31. The molecule has 0 amide bonds. The molecule has 0 saturated carbocycles. The number of aryl methyl sites for hydroxylation is 1. The first kappa shape index (κ1) is 26.3. The lowest BCUT2D eigenvalue weighted by molar-refractivity contribution is -0.137. The van der Waals surface area contributed by atoms with Crippen molar-refractivity contribution in [1.29, 1.82) is 0 Å². The summed E-state index contributed by atoms with van der Waals surface area (Å²) >= 11 is 0. The maximum Gasteiger partial charge on any atom is 0.303 e. The summed E-state index contributed by atoms with van der Waals surface area (Å²) in [6.45, 7) is 6.82. The average molecular weight is 501 g/mol. The van der Waals surface area contributed by atoms with Crippen molar-refractivity contribution in [2.45, 2.75) is 58.5 Å². The summed E-state index contributed by atoms with van der Waals surface area (Å²) in [5.74, 6) is -0.726. The normalized spacial score (nSPS) is 11.3. The number of fused-ring (bicyclic) bond motifs is 1. The molecule has 0 saturated heterocycles. The van der Waals surface area contributed by atoms with E-state index in [2.05, 4.69) is 70.5 Å². The molecule has 0 unspecified atom stereocenters. The number of hydrogen-bond donors (Lipinski definition) is 2. The van der Waals surface area contributed by atoms with E-state index < -0.39 is 5.97 Å². The Morgan fingerprint density at radius 1 is 1.00 bits per heavy atom. The van der Waals surface area contributed by atoms with Crippen molar-refractivity contribution < 1.29 is 9.90 Å². The lowest BCUT2D eigenvalue weighted by Crippen LogP contribution is -2.32. The molecule has 0 aliphatic heterocycles. The molecule has 2 heterocycles. The SMILES string of the molecule is CC(C)NCCN(c1ccccc1)c1ccc2ncc(-c3cnn(CCCCCCC(=O)O)c3)nc2c1. The van der Waals surface area contributed by atoms with Gasteiger partial charge >= 0.3 is 5.97 Å². The van der Waals surface area contributed by atoms with Crippen LogP contribution in [0, 0.1) is 0 Å². The summed E-state index contributed by atoms with van der Waals surface area (Å²) in [6, 6.07) is 17.1. The van der Waals surface area contributed by atoms with Crippen molar-refractivity contribution in [2.75, 3.05) is 18.0 Å². The molecule has 37 heavy (non-hydrogen) atoms. The van der Waals surface area contributed by atoms with Crippen molar-refractivity contribution in [2.24, 2.45) is 0 Å². The second-order valence-electron chi connectivity index (χ2n) is 9.57. The minimum absolute atomic E-state index is 0.242. The van der Waals surface area contributed by atoms with E-state index in [0.29, 0.717) is 6.04 Å². The third-order valence-electron chi connectivity index (χ3n) is 6.25. The van der Waals surface area contributed by atoms with E-state index in [1.54, 1.807) is 6.20 Å². The van der Waals surface area contributed by atoms with Gasteiger partial charge in [-0.25, -0.2) is 4.98 Å². The van der Waals surface area contributed by atoms with E-state index in [1.807, 2.05) is 29.2 Å². The first-order chi connectivity index (χ1) is 18.0. The number of carboxylic acid groups (broad SMARTS) is 1. The fraction of sp³-hybridized carbons (Fsp3) is 0.379. The maximum atomic E-state index is 10.6. The van der Waals surface area contributed by atoms with Crippen LogP contribution >= 0.6 is 0 Å². The van der Waals surface area contributed by atoms with Crippen LogP contribution in [0.5, 0.6) is 0 Å². The van der Waals surface area contributed by atoms with Gasteiger partial charge in [-0.2, -0.15) is 5.10 Å². The molecule has 0 bridgehead atoms. The van der Waals surface area contributed by atoms with Crippen molar-refractivity contribution in [3.63, 3.8) is 0 Å². The van der Waals surface area contributed by atoms with Crippen LogP contribution in [0.1, 0.15) is 46.0 Å². The average Bonchev–Trinajstić information content (AvgIpc) is 3.37. The van der Waals surface area contributed by atoms with Gasteiger partial charge in [-0.3, -0.25) is 14.5 Å². The highest BCUT2D eigenvalue weighted by molar-refractivity contribution is 5.82. The smallest absolute Gasteiger partial charge is 0.303 e. The Labute approximate surface area is 218 Å². The summed E-state index contributed by atoms with van der Waals surface area (Å²) in [6.07, 6.45) is 9.49. The van der Waals surface area contributed by atoms with Gasteiger partial charge in [0, 0.05) is 55.2 Å². The van der Waals surface area contributed by atoms with Gasteiger partial charge in [-0.15, -0.1) is 0 Å².